The number of carbonyl (C=O) groups excluding carboxylic acids is 1. The number of nitrogens with zero attached hydrogens (tertiary/aromatic N) is 3. The quantitative estimate of drug-likeness (QED) is 0.747. The van der Waals surface area contributed by atoms with Gasteiger partial charge >= 0.3 is 5.97 Å². The predicted molar refractivity (Wildman–Crippen MR) is 63.5 cm³/mol. The van der Waals surface area contributed by atoms with Crippen molar-refractivity contribution in [3.63, 3.8) is 0 Å². The minimum absolute atomic E-state index is 0.303. The average molecular weight is 239 g/mol. The standard InChI is InChI=1S/C13H9N3O2/c1-18-13(17)9-5-6-15-12(7-9)11-4-2-3-10(8-14)16-11/h2-7H,1H3. The maximum Gasteiger partial charge on any atom is 0.337 e. The lowest BCUT2D eigenvalue weighted by Crippen LogP contribution is -2.02. The number of aromatic nitrogens is 2. The second kappa shape index (κ2) is 5.06. The minimum atomic E-state index is -0.435. The summed E-state index contributed by atoms with van der Waals surface area (Å²) in [5.41, 5.74) is 1.76. The van der Waals surface area contributed by atoms with Gasteiger partial charge in [0.1, 0.15) is 11.8 Å². The molecule has 0 aliphatic rings. The molecule has 0 saturated heterocycles. The zero-order valence-electron chi connectivity index (χ0n) is 9.62. The molecule has 0 fully saturated rings. The van der Waals surface area contributed by atoms with E-state index in [1.807, 2.05) is 6.07 Å². The lowest BCUT2D eigenvalue weighted by atomic mass is 10.2. The van der Waals surface area contributed by atoms with E-state index in [0.29, 0.717) is 22.6 Å². The molecule has 0 saturated carbocycles. The molecule has 2 aromatic rings. The molecular weight excluding hydrogens is 230 g/mol. The van der Waals surface area contributed by atoms with Crippen LogP contribution in [0.15, 0.2) is 36.5 Å². The van der Waals surface area contributed by atoms with Gasteiger partial charge in [-0.2, -0.15) is 5.26 Å². The number of methoxy groups -OCH3 is 1. The Kier molecular flexibility index (Phi) is 3.30. The molecule has 0 radical (unpaired) electrons. The number of hydrogen-bond donors (Lipinski definition) is 0. The summed E-state index contributed by atoms with van der Waals surface area (Å²) in [5.74, 6) is -0.435. The summed E-state index contributed by atoms with van der Waals surface area (Å²) in [5, 5.41) is 8.78. The summed E-state index contributed by atoms with van der Waals surface area (Å²) >= 11 is 0. The molecule has 0 bridgehead atoms. The summed E-state index contributed by atoms with van der Waals surface area (Å²) in [6.07, 6.45) is 1.50. The highest BCUT2D eigenvalue weighted by Gasteiger charge is 2.08. The highest BCUT2D eigenvalue weighted by atomic mass is 16.5. The third kappa shape index (κ3) is 2.33. The predicted octanol–water partition coefficient (Wildman–Crippen LogP) is 1.80. The van der Waals surface area contributed by atoms with Gasteiger partial charge in [-0.05, 0) is 24.3 Å². The van der Waals surface area contributed by atoms with Crippen LogP contribution >= 0.6 is 0 Å². The van der Waals surface area contributed by atoms with Gasteiger partial charge in [-0.1, -0.05) is 6.07 Å². The number of carbonyl (C=O) groups is 1. The molecule has 2 heterocycles. The van der Waals surface area contributed by atoms with E-state index in [1.54, 1.807) is 30.3 Å². The van der Waals surface area contributed by atoms with Crippen molar-refractivity contribution >= 4 is 5.97 Å². The Hall–Kier alpha value is -2.74. The topological polar surface area (TPSA) is 75.9 Å². The van der Waals surface area contributed by atoms with Gasteiger partial charge in [0, 0.05) is 6.20 Å². The Morgan fingerprint density at radius 1 is 1.33 bits per heavy atom. The first-order valence-electron chi connectivity index (χ1n) is 5.16. The second-order valence-corrected chi connectivity index (χ2v) is 3.44. The van der Waals surface area contributed by atoms with E-state index in [2.05, 4.69) is 14.7 Å². The highest BCUT2D eigenvalue weighted by Crippen LogP contribution is 2.16. The van der Waals surface area contributed by atoms with Gasteiger partial charge in [-0.15, -0.1) is 0 Å². The zero-order chi connectivity index (χ0) is 13.0. The van der Waals surface area contributed by atoms with E-state index in [1.165, 1.54) is 13.3 Å². The first kappa shape index (κ1) is 11.7. The van der Waals surface area contributed by atoms with Crippen LogP contribution in [-0.4, -0.2) is 23.0 Å². The molecule has 0 aliphatic carbocycles. The number of rotatable bonds is 2. The Morgan fingerprint density at radius 2 is 2.17 bits per heavy atom. The monoisotopic (exact) mass is 239 g/mol. The van der Waals surface area contributed by atoms with Crippen LogP contribution in [-0.2, 0) is 4.74 Å². The Morgan fingerprint density at radius 3 is 2.89 bits per heavy atom. The average Bonchev–Trinajstić information content (AvgIpc) is 2.46. The van der Waals surface area contributed by atoms with Crippen molar-refractivity contribution in [3.05, 3.63) is 47.8 Å². The van der Waals surface area contributed by atoms with E-state index in [9.17, 15) is 4.79 Å². The summed E-state index contributed by atoms with van der Waals surface area (Å²) in [6.45, 7) is 0. The van der Waals surface area contributed by atoms with E-state index >= 15 is 0 Å². The van der Waals surface area contributed by atoms with Crippen molar-refractivity contribution in [1.29, 1.82) is 5.26 Å². The van der Waals surface area contributed by atoms with Crippen LogP contribution in [0.25, 0.3) is 11.4 Å². The van der Waals surface area contributed by atoms with Crippen LogP contribution in [0.2, 0.25) is 0 Å². The van der Waals surface area contributed by atoms with E-state index in [-0.39, 0.29) is 0 Å². The molecule has 5 heteroatoms. The first-order valence-corrected chi connectivity index (χ1v) is 5.16. The third-order valence-electron chi connectivity index (χ3n) is 2.31. The van der Waals surface area contributed by atoms with E-state index < -0.39 is 5.97 Å². The first-order chi connectivity index (χ1) is 8.74. The fourth-order valence-electron chi connectivity index (χ4n) is 1.46. The van der Waals surface area contributed by atoms with Crippen molar-refractivity contribution in [2.45, 2.75) is 0 Å². The minimum Gasteiger partial charge on any atom is -0.465 e. The van der Waals surface area contributed by atoms with E-state index in [4.69, 9.17) is 5.26 Å². The molecule has 2 rings (SSSR count). The maximum atomic E-state index is 11.4. The molecule has 18 heavy (non-hydrogen) atoms. The van der Waals surface area contributed by atoms with Crippen molar-refractivity contribution in [2.75, 3.05) is 7.11 Å². The third-order valence-corrected chi connectivity index (χ3v) is 2.31. The van der Waals surface area contributed by atoms with Crippen LogP contribution in [0.1, 0.15) is 16.1 Å². The lowest BCUT2D eigenvalue weighted by Gasteiger charge is -2.02. The summed E-state index contributed by atoms with van der Waals surface area (Å²) in [4.78, 5) is 19.6. The molecule has 0 unspecified atom stereocenters. The molecular formula is C13H9N3O2. The normalized spacial score (nSPS) is 9.56. The molecule has 0 aromatic carbocycles. The SMILES string of the molecule is COC(=O)c1ccnc(-c2cccc(C#N)n2)c1. The smallest absolute Gasteiger partial charge is 0.337 e. The molecule has 0 aliphatic heterocycles. The van der Waals surface area contributed by atoms with E-state index in [0.717, 1.165) is 0 Å². The molecule has 0 N–H and O–H groups in total. The Bertz CT molecular complexity index is 632. The van der Waals surface area contributed by atoms with Gasteiger partial charge in [0.05, 0.1) is 24.1 Å². The maximum absolute atomic E-state index is 11.4. The fraction of sp³-hybridized carbons (Fsp3) is 0.0769. The van der Waals surface area contributed by atoms with Crippen molar-refractivity contribution in [3.8, 4) is 17.5 Å². The molecule has 5 nitrogen and oxygen atoms in total. The number of hydrogen-bond acceptors (Lipinski definition) is 5. The Labute approximate surface area is 104 Å². The van der Waals surface area contributed by atoms with Crippen LogP contribution in [0.5, 0.6) is 0 Å². The number of ether oxygens (including phenoxy) is 1. The van der Waals surface area contributed by atoms with Crippen LogP contribution in [0, 0.1) is 11.3 Å². The molecule has 2 aromatic heterocycles. The lowest BCUT2D eigenvalue weighted by molar-refractivity contribution is 0.0600. The van der Waals surface area contributed by atoms with Crippen molar-refractivity contribution < 1.29 is 9.53 Å². The van der Waals surface area contributed by atoms with Crippen molar-refractivity contribution in [1.82, 2.24) is 9.97 Å². The van der Waals surface area contributed by atoms with Gasteiger partial charge in [-0.3, -0.25) is 4.98 Å². The molecule has 0 atom stereocenters. The van der Waals surface area contributed by atoms with Crippen LogP contribution < -0.4 is 0 Å². The van der Waals surface area contributed by atoms with Gasteiger partial charge < -0.3 is 4.74 Å². The molecule has 0 spiro atoms. The largest absolute Gasteiger partial charge is 0.465 e. The fourth-order valence-corrected chi connectivity index (χ4v) is 1.46. The number of esters is 1. The van der Waals surface area contributed by atoms with Crippen LogP contribution in [0.4, 0.5) is 0 Å². The number of pyridine rings is 2. The van der Waals surface area contributed by atoms with Gasteiger partial charge in [0.2, 0.25) is 0 Å². The molecule has 88 valence electrons. The Balaban J connectivity index is 2.45. The molecule has 0 amide bonds. The summed E-state index contributed by atoms with van der Waals surface area (Å²) in [6, 6.07) is 10.1. The van der Waals surface area contributed by atoms with Gasteiger partial charge in [0.15, 0.2) is 0 Å². The van der Waals surface area contributed by atoms with Gasteiger partial charge in [-0.25, -0.2) is 9.78 Å². The van der Waals surface area contributed by atoms with Crippen LogP contribution in [0.3, 0.4) is 0 Å². The summed E-state index contributed by atoms with van der Waals surface area (Å²) < 4.78 is 4.63. The van der Waals surface area contributed by atoms with Gasteiger partial charge in [0.25, 0.3) is 0 Å². The summed E-state index contributed by atoms with van der Waals surface area (Å²) in [7, 11) is 1.32. The number of nitriles is 1. The highest BCUT2D eigenvalue weighted by molar-refractivity contribution is 5.90. The second-order valence-electron chi connectivity index (χ2n) is 3.44. The van der Waals surface area contributed by atoms with Crippen molar-refractivity contribution in [2.24, 2.45) is 0 Å². The zero-order valence-corrected chi connectivity index (χ0v) is 9.62.